The monoisotopic (exact) mass is 291 g/mol. The number of halogens is 1. The molecule has 2 aromatic rings. The first-order valence-electron chi connectivity index (χ1n) is 7.05. The van der Waals surface area contributed by atoms with Crippen LogP contribution in [0, 0.1) is 0 Å². The first kappa shape index (κ1) is 13.4. The Labute approximate surface area is 123 Å². The van der Waals surface area contributed by atoms with Crippen LogP contribution >= 0.6 is 11.6 Å². The normalized spacial score (nSPS) is 16.8. The van der Waals surface area contributed by atoms with Crippen molar-refractivity contribution in [3.8, 4) is 0 Å². The smallest absolute Gasteiger partial charge is 0.223 e. The van der Waals surface area contributed by atoms with E-state index in [-0.39, 0.29) is 5.91 Å². The van der Waals surface area contributed by atoms with Crippen LogP contribution in [0.2, 0.25) is 0 Å². The number of fused-ring (bicyclic) bond motifs is 1. The van der Waals surface area contributed by atoms with Gasteiger partial charge in [0.1, 0.15) is 0 Å². The van der Waals surface area contributed by atoms with Gasteiger partial charge in [0.05, 0.1) is 11.0 Å². The van der Waals surface area contributed by atoms with Crippen molar-refractivity contribution in [1.82, 2.24) is 14.9 Å². The lowest BCUT2D eigenvalue weighted by molar-refractivity contribution is -0.131. The summed E-state index contributed by atoms with van der Waals surface area (Å²) in [5, 5.41) is 0. The molecular formula is C15H18ClN3O. The van der Waals surface area contributed by atoms with Crippen molar-refractivity contribution in [2.24, 2.45) is 0 Å². The van der Waals surface area contributed by atoms with E-state index in [1.807, 2.05) is 23.2 Å². The van der Waals surface area contributed by atoms with Gasteiger partial charge < -0.3 is 9.88 Å². The van der Waals surface area contributed by atoms with E-state index >= 15 is 0 Å². The molecule has 4 nitrogen and oxygen atoms in total. The molecule has 0 bridgehead atoms. The fourth-order valence-corrected chi connectivity index (χ4v) is 3.13. The predicted octanol–water partition coefficient (Wildman–Crippen LogP) is 2.90. The average molecular weight is 292 g/mol. The SMILES string of the molecule is O=C(CCCl)N1CCC(c2c[nH]c3cccnc23)CC1. The topological polar surface area (TPSA) is 49.0 Å². The molecule has 3 heterocycles. The van der Waals surface area contributed by atoms with Crippen LogP contribution in [0.4, 0.5) is 0 Å². The number of pyridine rings is 1. The van der Waals surface area contributed by atoms with Crippen LogP contribution in [0.15, 0.2) is 24.5 Å². The van der Waals surface area contributed by atoms with E-state index in [1.165, 1.54) is 5.56 Å². The zero-order valence-electron chi connectivity index (χ0n) is 11.3. The molecule has 0 unspecified atom stereocenters. The zero-order valence-corrected chi connectivity index (χ0v) is 12.1. The molecule has 2 aromatic heterocycles. The third kappa shape index (κ3) is 2.52. The summed E-state index contributed by atoms with van der Waals surface area (Å²) in [4.78, 5) is 21.5. The quantitative estimate of drug-likeness (QED) is 0.884. The van der Waals surface area contributed by atoms with Gasteiger partial charge in [0.15, 0.2) is 0 Å². The summed E-state index contributed by atoms with van der Waals surface area (Å²) in [5.41, 5.74) is 3.44. The maximum Gasteiger partial charge on any atom is 0.223 e. The number of aromatic amines is 1. The molecule has 1 aliphatic rings. The van der Waals surface area contributed by atoms with Crippen LogP contribution in [-0.2, 0) is 4.79 Å². The number of aromatic nitrogens is 2. The summed E-state index contributed by atoms with van der Waals surface area (Å²) in [7, 11) is 0. The van der Waals surface area contributed by atoms with Crippen molar-refractivity contribution >= 4 is 28.5 Å². The van der Waals surface area contributed by atoms with Crippen LogP contribution in [0.5, 0.6) is 0 Å². The molecule has 20 heavy (non-hydrogen) atoms. The molecule has 3 rings (SSSR count). The van der Waals surface area contributed by atoms with Crippen molar-refractivity contribution in [3.63, 3.8) is 0 Å². The highest BCUT2D eigenvalue weighted by Crippen LogP contribution is 2.32. The Kier molecular flexibility index (Phi) is 3.92. The molecule has 1 amide bonds. The Bertz CT molecular complexity index is 602. The average Bonchev–Trinajstić information content (AvgIpc) is 2.92. The minimum Gasteiger partial charge on any atom is -0.360 e. The lowest BCUT2D eigenvalue weighted by Gasteiger charge is -2.31. The van der Waals surface area contributed by atoms with Gasteiger partial charge in [-0.3, -0.25) is 9.78 Å². The standard InChI is InChI=1S/C15H18ClN3O/c16-6-3-14(20)19-8-4-11(5-9-19)12-10-18-13-2-1-7-17-15(12)13/h1-2,7,10-11,18H,3-6,8-9H2. The van der Waals surface area contributed by atoms with Crippen molar-refractivity contribution in [2.75, 3.05) is 19.0 Å². The summed E-state index contributed by atoms with van der Waals surface area (Å²) in [5.74, 6) is 1.07. The molecule has 0 atom stereocenters. The Balaban J connectivity index is 1.70. The predicted molar refractivity (Wildman–Crippen MR) is 80.0 cm³/mol. The van der Waals surface area contributed by atoms with Gasteiger partial charge in [-0.2, -0.15) is 0 Å². The lowest BCUT2D eigenvalue weighted by Crippen LogP contribution is -2.37. The second-order valence-corrected chi connectivity index (χ2v) is 5.62. The van der Waals surface area contributed by atoms with E-state index in [0.717, 1.165) is 37.0 Å². The molecule has 5 heteroatoms. The zero-order chi connectivity index (χ0) is 13.9. The molecule has 0 spiro atoms. The first-order chi connectivity index (χ1) is 9.79. The van der Waals surface area contributed by atoms with Crippen molar-refractivity contribution in [1.29, 1.82) is 0 Å². The molecule has 106 valence electrons. The molecule has 1 N–H and O–H groups in total. The van der Waals surface area contributed by atoms with Gasteiger partial charge in [0.2, 0.25) is 5.91 Å². The maximum atomic E-state index is 11.8. The minimum atomic E-state index is 0.176. The number of likely N-dealkylation sites (tertiary alicyclic amines) is 1. The van der Waals surface area contributed by atoms with Crippen LogP contribution in [-0.4, -0.2) is 39.7 Å². The number of piperidine rings is 1. The molecule has 0 aliphatic carbocycles. The Morgan fingerprint density at radius 2 is 2.25 bits per heavy atom. The molecule has 0 aromatic carbocycles. The van der Waals surface area contributed by atoms with Gasteiger partial charge in [0.25, 0.3) is 0 Å². The molecular weight excluding hydrogens is 274 g/mol. The van der Waals surface area contributed by atoms with E-state index in [2.05, 4.69) is 16.2 Å². The second kappa shape index (κ2) is 5.83. The molecule has 1 aliphatic heterocycles. The molecule has 0 radical (unpaired) electrons. The number of carbonyl (C=O) groups excluding carboxylic acids is 1. The third-order valence-electron chi connectivity index (χ3n) is 4.06. The Morgan fingerprint density at radius 3 is 3.00 bits per heavy atom. The van der Waals surface area contributed by atoms with E-state index in [9.17, 15) is 4.79 Å². The number of nitrogens with zero attached hydrogens (tertiary/aromatic N) is 2. The number of alkyl halides is 1. The van der Waals surface area contributed by atoms with E-state index in [0.29, 0.717) is 18.2 Å². The van der Waals surface area contributed by atoms with Gasteiger partial charge in [0, 0.05) is 37.8 Å². The second-order valence-electron chi connectivity index (χ2n) is 5.24. The number of rotatable bonds is 3. The fraction of sp³-hybridized carbons (Fsp3) is 0.467. The lowest BCUT2D eigenvalue weighted by atomic mass is 9.90. The van der Waals surface area contributed by atoms with E-state index < -0.39 is 0 Å². The van der Waals surface area contributed by atoms with Crippen molar-refractivity contribution in [3.05, 3.63) is 30.1 Å². The number of hydrogen-bond donors (Lipinski definition) is 1. The summed E-state index contributed by atoms with van der Waals surface area (Å²) in [6, 6.07) is 3.99. The van der Waals surface area contributed by atoms with Gasteiger partial charge in [-0.1, -0.05) is 0 Å². The highest BCUT2D eigenvalue weighted by atomic mass is 35.5. The highest BCUT2D eigenvalue weighted by Gasteiger charge is 2.25. The van der Waals surface area contributed by atoms with Crippen LogP contribution in [0.25, 0.3) is 11.0 Å². The number of amides is 1. The van der Waals surface area contributed by atoms with Gasteiger partial charge in [-0.25, -0.2) is 0 Å². The number of carbonyl (C=O) groups is 1. The first-order valence-corrected chi connectivity index (χ1v) is 7.59. The Morgan fingerprint density at radius 1 is 1.45 bits per heavy atom. The van der Waals surface area contributed by atoms with Gasteiger partial charge in [-0.15, -0.1) is 11.6 Å². The Hall–Kier alpha value is -1.55. The maximum absolute atomic E-state index is 11.8. The number of H-pyrrole nitrogens is 1. The summed E-state index contributed by atoms with van der Waals surface area (Å²) in [6.07, 6.45) is 6.34. The molecule has 1 saturated heterocycles. The van der Waals surface area contributed by atoms with Gasteiger partial charge in [-0.05, 0) is 36.5 Å². The largest absolute Gasteiger partial charge is 0.360 e. The van der Waals surface area contributed by atoms with E-state index in [4.69, 9.17) is 11.6 Å². The third-order valence-corrected chi connectivity index (χ3v) is 4.25. The minimum absolute atomic E-state index is 0.176. The highest BCUT2D eigenvalue weighted by molar-refractivity contribution is 6.18. The summed E-state index contributed by atoms with van der Waals surface area (Å²) in [6.45, 7) is 1.64. The van der Waals surface area contributed by atoms with Crippen LogP contribution in [0.1, 0.15) is 30.7 Å². The number of nitrogens with one attached hydrogen (secondary N) is 1. The summed E-state index contributed by atoms with van der Waals surface area (Å²) >= 11 is 5.63. The van der Waals surface area contributed by atoms with Crippen molar-refractivity contribution < 1.29 is 4.79 Å². The van der Waals surface area contributed by atoms with Crippen molar-refractivity contribution in [2.45, 2.75) is 25.2 Å². The molecule has 1 fully saturated rings. The fourth-order valence-electron chi connectivity index (χ4n) is 2.97. The van der Waals surface area contributed by atoms with Gasteiger partial charge >= 0.3 is 0 Å². The summed E-state index contributed by atoms with van der Waals surface area (Å²) < 4.78 is 0. The molecule has 0 saturated carbocycles. The van der Waals surface area contributed by atoms with E-state index in [1.54, 1.807) is 0 Å². The number of hydrogen-bond acceptors (Lipinski definition) is 2. The van der Waals surface area contributed by atoms with Crippen LogP contribution < -0.4 is 0 Å². The van der Waals surface area contributed by atoms with Crippen LogP contribution in [0.3, 0.4) is 0 Å².